The van der Waals surface area contributed by atoms with Gasteiger partial charge in [-0.15, -0.1) is 0 Å². The van der Waals surface area contributed by atoms with Gasteiger partial charge >= 0.3 is 5.97 Å². The topological polar surface area (TPSA) is 129 Å². The van der Waals surface area contributed by atoms with Crippen molar-refractivity contribution in [2.75, 3.05) is 23.4 Å². The molecule has 4 heterocycles. The fourth-order valence-electron chi connectivity index (χ4n) is 3.99. The largest absolute Gasteiger partial charge is 0.464 e. The van der Waals surface area contributed by atoms with Crippen LogP contribution in [0.25, 0.3) is 22.6 Å². The third-order valence-corrected chi connectivity index (χ3v) is 5.58. The molecule has 1 aromatic carbocycles. The maximum absolute atomic E-state index is 12.7. The first kappa shape index (κ1) is 20.7. The average molecular weight is 445 g/mol. The summed E-state index contributed by atoms with van der Waals surface area (Å²) in [5.74, 6) is 1.09. The van der Waals surface area contributed by atoms with Crippen molar-refractivity contribution in [2.24, 2.45) is 0 Å². The van der Waals surface area contributed by atoms with Crippen molar-refractivity contribution < 1.29 is 14.3 Å². The number of ether oxygens (including phenoxy) is 1. The summed E-state index contributed by atoms with van der Waals surface area (Å²) in [7, 11) is 0. The summed E-state index contributed by atoms with van der Waals surface area (Å²) in [5.41, 5.74) is 2.82. The number of nitrogens with zero attached hydrogens (tertiary/aromatic N) is 4. The van der Waals surface area contributed by atoms with Crippen LogP contribution in [-0.4, -0.2) is 56.2 Å². The molecule has 1 aliphatic heterocycles. The van der Waals surface area contributed by atoms with Gasteiger partial charge in [0.2, 0.25) is 0 Å². The van der Waals surface area contributed by atoms with Gasteiger partial charge in [0.1, 0.15) is 17.6 Å². The number of hydrogen-bond acceptors (Lipinski definition) is 7. The van der Waals surface area contributed by atoms with Gasteiger partial charge in [0, 0.05) is 18.8 Å². The Morgan fingerprint density at radius 2 is 2.12 bits per heavy atom. The van der Waals surface area contributed by atoms with E-state index in [1.807, 2.05) is 29.2 Å². The van der Waals surface area contributed by atoms with Crippen molar-refractivity contribution in [1.29, 1.82) is 0 Å². The molecule has 1 atom stereocenters. The second kappa shape index (κ2) is 8.73. The number of hydrogen-bond donors (Lipinski definition) is 3. The Hall–Kier alpha value is -4.21. The molecule has 168 valence electrons. The zero-order valence-electron chi connectivity index (χ0n) is 18.0. The minimum absolute atomic E-state index is 0.239. The minimum atomic E-state index is -0.335. The molecule has 0 spiro atoms. The van der Waals surface area contributed by atoms with Crippen LogP contribution in [0.15, 0.2) is 48.7 Å². The summed E-state index contributed by atoms with van der Waals surface area (Å²) in [6.07, 6.45) is 3.12. The number of aromatic amines is 2. The molecule has 0 radical (unpaired) electrons. The van der Waals surface area contributed by atoms with E-state index < -0.39 is 0 Å². The van der Waals surface area contributed by atoms with Crippen LogP contribution in [-0.2, 0) is 9.53 Å². The third kappa shape index (κ3) is 4.14. The molecule has 10 nitrogen and oxygen atoms in total. The molecule has 3 aromatic heterocycles. The van der Waals surface area contributed by atoms with Crippen LogP contribution in [0, 0.1) is 0 Å². The van der Waals surface area contributed by atoms with Crippen molar-refractivity contribution in [3.05, 3.63) is 54.2 Å². The van der Waals surface area contributed by atoms with Gasteiger partial charge in [0.25, 0.3) is 5.91 Å². The Morgan fingerprint density at radius 3 is 2.91 bits per heavy atom. The average Bonchev–Trinajstić information content (AvgIpc) is 3.58. The summed E-state index contributed by atoms with van der Waals surface area (Å²) < 4.78 is 5.17. The zero-order valence-corrected chi connectivity index (χ0v) is 18.0. The number of carbonyl (C=O) groups is 2. The summed E-state index contributed by atoms with van der Waals surface area (Å²) in [6, 6.07) is 12.5. The van der Waals surface area contributed by atoms with Crippen LogP contribution in [0.1, 0.15) is 30.1 Å². The first-order valence-corrected chi connectivity index (χ1v) is 10.8. The molecule has 5 rings (SSSR count). The van der Waals surface area contributed by atoms with Crippen LogP contribution in [0.4, 0.5) is 11.6 Å². The number of amides is 1. The molecule has 3 N–H and O–H groups in total. The predicted octanol–water partition coefficient (Wildman–Crippen LogP) is 3.13. The molecule has 10 heteroatoms. The molecule has 0 saturated carbocycles. The summed E-state index contributed by atoms with van der Waals surface area (Å²) >= 11 is 0. The van der Waals surface area contributed by atoms with Gasteiger partial charge in [-0.05, 0) is 44.0 Å². The lowest BCUT2D eigenvalue weighted by Gasteiger charge is -2.24. The van der Waals surface area contributed by atoms with Crippen molar-refractivity contribution >= 4 is 34.5 Å². The van der Waals surface area contributed by atoms with Crippen molar-refractivity contribution in [2.45, 2.75) is 25.8 Å². The van der Waals surface area contributed by atoms with E-state index in [-0.39, 0.29) is 17.9 Å². The molecule has 1 fully saturated rings. The first-order chi connectivity index (χ1) is 16.1. The second-order valence-electron chi connectivity index (χ2n) is 7.73. The molecule has 1 aliphatic rings. The maximum atomic E-state index is 12.7. The molecule has 1 amide bonds. The van der Waals surface area contributed by atoms with E-state index in [0.717, 1.165) is 30.4 Å². The van der Waals surface area contributed by atoms with Gasteiger partial charge in [0.05, 0.1) is 23.2 Å². The molecule has 0 bridgehead atoms. The summed E-state index contributed by atoms with van der Waals surface area (Å²) in [6.45, 7) is 2.86. The number of anilines is 2. The number of H-pyrrole nitrogens is 2. The molecule has 0 unspecified atom stereocenters. The van der Waals surface area contributed by atoms with Crippen LogP contribution in [0.5, 0.6) is 0 Å². The van der Waals surface area contributed by atoms with E-state index in [4.69, 9.17) is 4.74 Å². The number of aromatic nitrogens is 5. The summed E-state index contributed by atoms with van der Waals surface area (Å²) in [4.78, 5) is 38.9. The molecular weight excluding hydrogens is 422 g/mol. The number of nitrogens with one attached hydrogen (secondary N) is 3. The number of rotatable bonds is 6. The highest BCUT2D eigenvalue weighted by molar-refractivity contribution is 6.03. The van der Waals surface area contributed by atoms with Gasteiger partial charge in [0.15, 0.2) is 11.6 Å². The van der Waals surface area contributed by atoms with E-state index in [1.54, 1.807) is 25.1 Å². The molecule has 33 heavy (non-hydrogen) atoms. The number of pyridine rings is 1. The smallest absolute Gasteiger partial charge is 0.328 e. The predicted molar refractivity (Wildman–Crippen MR) is 123 cm³/mol. The zero-order chi connectivity index (χ0) is 22.8. The molecular formula is C23H23N7O3. The Labute approximate surface area is 189 Å². The highest BCUT2D eigenvalue weighted by Gasteiger charge is 2.32. The van der Waals surface area contributed by atoms with E-state index in [2.05, 4.69) is 30.5 Å². The van der Waals surface area contributed by atoms with Crippen LogP contribution >= 0.6 is 0 Å². The normalized spacial score (nSPS) is 15.7. The van der Waals surface area contributed by atoms with Crippen LogP contribution < -0.4 is 10.2 Å². The fraction of sp³-hybridized carbons (Fsp3) is 0.261. The van der Waals surface area contributed by atoms with E-state index in [0.29, 0.717) is 35.3 Å². The number of para-hydroxylation sites is 2. The minimum Gasteiger partial charge on any atom is -0.464 e. The van der Waals surface area contributed by atoms with Crippen molar-refractivity contribution in [3.8, 4) is 11.5 Å². The maximum Gasteiger partial charge on any atom is 0.328 e. The van der Waals surface area contributed by atoms with Gasteiger partial charge in [-0.2, -0.15) is 5.10 Å². The number of imidazole rings is 1. The number of benzene rings is 1. The fourth-order valence-corrected chi connectivity index (χ4v) is 3.99. The monoisotopic (exact) mass is 445 g/mol. The number of fused-ring (bicyclic) bond motifs is 1. The highest BCUT2D eigenvalue weighted by Crippen LogP contribution is 2.25. The van der Waals surface area contributed by atoms with Gasteiger partial charge in [-0.25, -0.2) is 14.8 Å². The molecule has 4 aromatic rings. The number of carbonyl (C=O) groups excluding carboxylic acids is 2. The first-order valence-electron chi connectivity index (χ1n) is 10.8. The molecule has 0 aliphatic carbocycles. The van der Waals surface area contributed by atoms with Crippen LogP contribution in [0.2, 0.25) is 0 Å². The number of esters is 1. The SMILES string of the molecule is CCOC(=O)[C@@H]1CCCN1c1ccc(C(=O)Nc2cc(-c3nc4ccccc4[nH]3)[nH]n2)cn1. The van der Waals surface area contributed by atoms with E-state index in [1.165, 1.54) is 6.20 Å². The van der Waals surface area contributed by atoms with Crippen molar-refractivity contribution in [1.82, 2.24) is 25.1 Å². The summed E-state index contributed by atoms with van der Waals surface area (Å²) in [5, 5.41) is 9.81. The quantitative estimate of drug-likeness (QED) is 0.389. The van der Waals surface area contributed by atoms with E-state index in [9.17, 15) is 9.59 Å². The lowest BCUT2D eigenvalue weighted by Crippen LogP contribution is -2.37. The van der Waals surface area contributed by atoms with Gasteiger partial charge < -0.3 is 19.9 Å². The second-order valence-corrected chi connectivity index (χ2v) is 7.73. The Kier molecular flexibility index (Phi) is 5.47. The third-order valence-electron chi connectivity index (χ3n) is 5.58. The Balaban J connectivity index is 1.26. The van der Waals surface area contributed by atoms with Gasteiger partial charge in [-0.1, -0.05) is 12.1 Å². The lowest BCUT2D eigenvalue weighted by molar-refractivity contribution is -0.144. The Morgan fingerprint density at radius 1 is 1.24 bits per heavy atom. The standard InChI is InChI=1S/C23H23N7O3/c1-2-33-23(32)18-8-5-11-30(18)20-10-9-14(13-24-20)22(31)27-19-12-17(28-29-19)21-25-15-6-3-4-7-16(15)26-21/h3-4,6-7,9-10,12-13,18H,2,5,8,11H2,1H3,(H,25,26)(H2,27,28,29,31)/t18-/m0/s1. The Bertz CT molecular complexity index is 1260. The highest BCUT2D eigenvalue weighted by atomic mass is 16.5. The lowest BCUT2D eigenvalue weighted by atomic mass is 10.2. The molecule has 1 saturated heterocycles. The van der Waals surface area contributed by atoms with Crippen LogP contribution in [0.3, 0.4) is 0 Å². The van der Waals surface area contributed by atoms with E-state index >= 15 is 0 Å². The van der Waals surface area contributed by atoms with Crippen molar-refractivity contribution in [3.63, 3.8) is 0 Å². The van der Waals surface area contributed by atoms with Gasteiger partial charge in [-0.3, -0.25) is 9.89 Å².